The molecule has 1 saturated heterocycles. The van der Waals surface area contributed by atoms with E-state index in [0.29, 0.717) is 17.8 Å². The van der Waals surface area contributed by atoms with Gasteiger partial charge in [-0.3, -0.25) is 14.4 Å². The van der Waals surface area contributed by atoms with E-state index in [1.54, 1.807) is 29.2 Å². The molecule has 1 atom stereocenters. The van der Waals surface area contributed by atoms with E-state index in [1.807, 2.05) is 38.1 Å². The Balaban J connectivity index is 1.54. The molecule has 6 nitrogen and oxygen atoms in total. The zero-order valence-electron chi connectivity index (χ0n) is 18.5. The lowest BCUT2D eigenvalue weighted by Gasteiger charge is -2.20. The van der Waals surface area contributed by atoms with Crippen LogP contribution in [0.2, 0.25) is 0 Å². The van der Waals surface area contributed by atoms with E-state index in [-0.39, 0.29) is 36.1 Å². The van der Waals surface area contributed by atoms with E-state index >= 15 is 0 Å². The molecule has 6 heteroatoms. The maximum absolute atomic E-state index is 12.5. The zero-order chi connectivity index (χ0) is 22.4. The summed E-state index contributed by atoms with van der Waals surface area (Å²) in [4.78, 5) is 38.8. The van der Waals surface area contributed by atoms with Crippen LogP contribution in [-0.2, 0) is 16.0 Å². The quantitative estimate of drug-likeness (QED) is 0.660. The number of rotatable bonds is 8. The van der Waals surface area contributed by atoms with Gasteiger partial charge in [0.1, 0.15) is 0 Å². The number of nitrogens with one attached hydrogen (secondary N) is 2. The highest BCUT2D eigenvalue weighted by molar-refractivity contribution is 6.04. The van der Waals surface area contributed by atoms with E-state index < -0.39 is 0 Å². The van der Waals surface area contributed by atoms with Crippen LogP contribution in [0, 0.1) is 5.92 Å². The molecule has 1 unspecified atom stereocenters. The molecule has 0 radical (unpaired) electrons. The van der Waals surface area contributed by atoms with Gasteiger partial charge < -0.3 is 15.5 Å². The summed E-state index contributed by atoms with van der Waals surface area (Å²) in [5.41, 5.74) is 3.14. The average Bonchev–Trinajstić information content (AvgIpc) is 3.16. The van der Waals surface area contributed by atoms with Crippen molar-refractivity contribution in [3.8, 4) is 0 Å². The van der Waals surface area contributed by atoms with Gasteiger partial charge in [-0.1, -0.05) is 25.5 Å². The molecule has 0 spiro atoms. The second kappa shape index (κ2) is 10.2. The average molecular weight is 422 g/mol. The highest BCUT2D eigenvalue weighted by Crippen LogP contribution is 2.22. The highest BCUT2D eigenvalue weighted by atomic mass is 16.2. The summed E-state index contributed by atoms with van der Waals surface area (Å²) in [5, 5.41) is 5.75. The Morgan fingerprint density at radius 2 is 1.61 bits per heavy atom. The molecule has 1 aliphatic rings. The van der Waals surface area contributed by atoms with Crippen molar-refractivity contribution < 1.29 is 14.4 Å². The van der Waals surface area contributed by atoms with E-state index in [1.165, 1.54) is 5.56 Å². The largest absolute Gasteiger partial charge is 0.339 e. The first-order chi connectivity index (χ1) is 14.9. The molecule has 31 heavy (non-hydrogen) atoms. The Labute approximate surface area is 184 Å². The Morgan fingerprint density at radius 3 is 2.19 bits per heavy atom. The maximum Gasteiger partial charge on any atom is 0.255 e. The van der Waals surface area contributed by atoms with Crippen molar-refractivity contribution in [2.75, 3.05) is 17.2 Å². The molecule has 1 fully saturated rings. The Kier molecular flexibility index (Phi) is 7.45. The van der Waals surface area contributed by atoms with Crippen LogP contribution in [-0.4, -0.2) is 35.2 Å². The van der Waals surface area contributed by atoms with Gasteiger partial charge in [0.05, 0.1) is 5.92 Å². The SMILES string of the molecule is CCCCc1ccc(NC(=O)c2ccc(NC(=O)C3CC(=O)N(C(C)C)C3)cc2)cc1. The van der Waals surface area contributed by atoms with Crippen molar-refractivity contribution >= 4 is 29.1 Å². The minimum absolute atomic E-state index is 0.0144. The number of likely N-dealkylation sites (tertiary alicyclic amines) is 1. The topological polar surface area (TPSA) is 78.5 Å². The smallest absolute Gasteiger partial charge is 0.255 e. The van der Waals surface area contributed by atoms with Crippen LogP contribution in [0.25, 0.3) is 0 Å². The second-order valence-corrected chi connectivity index (χ2v) is 8.36. The fourth-order valence-corrected chi connectivity index (χ4v) is 3.69. The number of carbonyl (C=O) groups is 3. The zero-order valence-corrected chi connectivity index (χ0v) is 18.5. The third-order valence-corrected chi connectivity index (χ3v) is 5.60. The number of nitrogens with zero attached hydrogens (tertiary/aromatic N) is 1. The maximum atomic E-state index is 12.5. The molecular formula is C25H31N3O3. The van der Waals surface area contributed by atoms with Crippen LogP contribution >= 0.6 is 0 Å². The first kappa shape index (κ1) is 22.5. The number of amides is 3. The highest BCUT2D eigenvalue weighted by Gasteiger charge is 2.35. The van der Waals surface area contributed by atoms with Crippen LogP contribution in [0.5, 0.6) is 0 Å². The molecule has 0 saturated carbocycles. The number of unbranched alkanes of at least 4 members (excludes halogenated alkanes) is 1. The monoisotopic (exact) mass is 421 g/mol. The molecule has 164 valence electrons. The molecular weight excluding hydrogens is 390 g/mol. The summed E-state index contributed by atoms with van der Waals surface area (Å²) in [6.07, 6.45) is 3.59. The van der Waals surface area contributed by atoms with Gasteiger partial charge in [-0.15, -0.1) is 0 Å². The third-order valence-electron chi connectivity index (χ3n) is 5.60. The minimum Gasteiger partial charge on any atom is -0.339 e. The molecule has 2 N–H and O–H groups in total. The van der Waals surface area contributed by atoms with Crippen LogP contribution in [0.1, 0.15) is 56.0 Å². The van der Waals surface area contributed by atoms with Gasteiger partial charge in [0.25, 0.3) is 5.91 Å². The van der Waals surface area contributed by atoms with Gasteiger partial charge in [-0.25, -0.2) is 0 Å². The van der Waals surface area contributed by atoms with Crippen LogP contribution in [0.15, 0.2) is 48.5 Å². The van der Waals surface area contributed by atoms with Crippen LogP contribution in [0.4, 0.5) is 11.4 Å². The van der Waals surface area contributed by atoms with Gasteiger partial charge >= 0.3 is 0 Å². The lowest BCUT2D eigenvalue weighted by Crippen LogP contribution is -2.33. The van der Waals surface area contributed by atoms with Gasteiger partial charge in [0.2, 0.25) is 11.8 Å². The van der Waals surface area contributed by atoms with E-state index in [9.17, 15) is 14.4 Å². The number of carbonyl (C=O) groups excluding carboxylic acids is 3. The van der Waals surface area contributed by atoms with Crippen molar-refractivity contribution in [2.24, 2.45) is 5.92 Å². The summed E-state index contributed by atoms with van der Waals surface area (Å²) in [6.45, 7) is 6.51. The first-order valence-electron chi connectivity index (χ1n) is 11.0. The lowest BCUT2D eigenvalue weighted by atomic mass is 10.1. The van der Waals surface area contributed by atoms with Gasteiger partial charge in [0, 0.05) is 35.9 Å². The molecule has 3 rings (SSSR count). The fourth-order valence-electron chi connectivity index (χ4n) is 3.69. The Morgan fingerprint density at radius 1 is 1.00 bits per heavy atom. The Bertz CT molecular complexity index is 920. The normalized spacial score (nSPS) is 15.9. The molecule has 1 aliphatic heterocycles. The van der Waals surface area contributed by atoms with Crippen LogP contribution < -0.4 is 10.6 Å². The van der Waals surface area contributed by atoms with E-state index in [4.69, 9.17) is 0 Å². The van der Waals surface area contributed by atoms with Crippen molar-refractivity contribution in [3.05, 3.63) is 59.7 Å². The predicted molar refractivity (Wildman–Crippen MR) is 123 cm³/mol. The number of hydrogen-bond donors (Lipinski definition) is 2. The summed E-state index contributed by atoms with van der Waals surface area (Å²) < 4.78 is 0. The second-order valence-electron chi connectivity index (χ2n) is 8.36. The van der Waals surface area contributed by atoms with E-state index in [2.05, 4.69) is 17.6 Å². The number of benzene rings is 2. The minimum atomic E-state index is -0.349. The Hall–Kier alpha value is -3.15. The predicted octanol–water partition coefficient (Wildman–Crippen LogP) is 4.48. The molecule has 0 aliphatic carbocycles. The molecule has 0 bridgehead atoms. The molecule has 1 heterocycles. The van der Waals surface area contributed by atoms with Crippen molar-refractivity contribution in [2.45, 2.75) is 52.5 Å². The standard InChI is InChI=1S/C25H31N3O3/c1-4-5-6-18-7-11-21(12-8-18)26-24(30)19-9-13-22(14-10-19)27-25(31)20-15-23(29)28(16-20)17(2)3/h7-14,17,20H,4-6,15-16H2,1-3H3,(H,26,30)(H,27,31). The molecule has 0 aromatic heterocycles. The number of anilines is 2. The summed E-state index contributed by atoms with van der Waals surface area (Å²) in [7, 11) is 0. The molecule has 2 aromatic carbocycles. The first-order valence-corrected chi connectivity index (χ1v) is 11.0. The van der Waals surface area contributed by atoms with Gasteiger partial charge in [-0.05, 0) is 68.7 Å². The summed E-state index contributed by atoms with van der Waals surface area (Å²) in [6, 6.07) is 14.8. The van der Waals surface area contributed by atoms with Crippen molar-refractivity contribution in [1.82, 2.24) is 4.90 Å². The number of hydrogen-bond acceptors (Lipinski definition) is 3. The lowest BCUT2D eigenvalue weighted by molar-refractivity contribution is -0.129. The van der Waals surface area contributed by atoms with Crippen LogP contribution in [0.3, 0.4) is 0 Å². The third kappa shape index (κ3) is 5.94. The molecule has 2 aromatic rings. The van der Waals surface area contributed by atoms with Crippen molar-refractivity contribution in [3.63, 3.8) is 0 Å². The summed E-state index contributed by atoms with van der Waals surface area (Å²) >= 11 is 0. The van der Waals surface area contributed by atoms with E-state index in [0.717, 1.165) is 24.9 Å². The molecule has 3 amide bonds. The number of aryl methyl sites for hydroxylation is 1. The fraction of sp³-hybridized carbons (Fsp3) is 0.400. The van der Waals surface area contributed by atoms with Crippen molar-refractivity contribution in [1.29, 1.82) is 0 Å². The van der Waals surface area contributed by atoms with Gasteiger partial charge in [-0.2, -0.15) is 0 Å². The van der Waals surface area contributed by atoms with Gasteiger partial charge in [0.15, 0.2) is 0 Å². The summed E-state index contributed by atoms with van der Waals surface area (Å²) in [5.74, 6) is -0.705.